The summed E-state index contributed by atoms with van der Waals surface area (Å²) in [4.78, 5) is 27.7. The number of primary amides is 1. The van der Waals surface area contributed by atoms with E-state index in [9.17, 15) is 22.4 Å². The Bertz CT molecular complexity index is 1290. The van der Waals surface area contributed by atoms with Crippen molar-refractivity contribution in [1.29, 1.82) is 0 Å². The molecule has 0 bridgehead atoms. The second-order valence-electron chi connectivity index (χ2n) is 7.78. The summed E-state index contributed by atoms with van der Waals surface area (Å²) in [5.41, 5.74) is 7.81. The van der Waals surface area contributed by atoms with Crippen molar-refractivity contribution >= 4 is 38.0 Å². The lowest BCUT2D eigenvalue weighted by molar-refractivity contribution is -0.113. The zero-order chi connectivity index (χ0) is 23.6. The summed E-state index contributed by atoms with van der Waals surface area (Å²) < 4.78 is 38.1. The summed E-state index contributed by atoms with van der Waals surface area (Å²) in [5.74, 6) is -2.86. The van der Waals surface area contributed by atoms with Gasteiger partial charge in [-0.2, -0.15) is 0 Å². The number of benzene rings is 2. The number of rotatable bonds is 7. The Kier molecular flexibility index (Phi) is 6.59. The fourth-order valence-corrected chi connectivity index (χ4v) is 6.29. The van der Waals surface area contributed by atoms with E-state index >= 15 is 0 Å². The number of nitrogens with one attached hydrogen (secondary N) is 1. The van der Waals surface area contributed by atoms with E-state index in [1.165, 1.54) is 16.9 Å². The third-order valence-corrected chi connectivity index (χ3v) is 8.14. The van der Waals surface area contributed by atoms with Gasteiger partial charge in [0.1, 0.15) is 16.6 Å². The molecule has 1 aliphatic rings. The molecule has 10 heteroatoms. The van der Waals surface area contributed by atoms with Gasteiger partial charge in [0.2, 0.25) is 5.91 Å². The third-order valence-electron chi connectivity index (χ3n) is 5.38. The largest absolute Gasteiger partial charge is 0.365 e. The number of thiophene rings is 1. The molecular weight excluding hydrogens is 465 g/mol. The van der Waals surface area contributed by atoms with Crippen LogP contribution in [0.25, 0.3) is 0 Å². The van der Waals surface area contributed by atoms with E-state index in [1.54, 1.807) is 0 Å². The van der Waals surface area contributed by atoms with Crippen LogP contribution in [0.3, 0.4) is 0 Å². The van der Waals surface area contributed by atoms with Gasteiger partial charge in [0, 0.05) is 24.5 Å². The van der Waals surface area contributed by atoms with Gasteiger partial charge in [-0.05, 0) is 41.8 Å². The molecule has 1 aliphatic heterocycles. The summed E-state index contributed by atoms with van der Waals surface area (Å²) in [5, 5.41) is 2.82. The highest BCUT2D eigenvalue weighted by Gasteiger charge is 2.29. The molecule has 172 valence electrons. The number of nitrogens with two attached hydrogens (primary N) is 1. The van der Waals surface area contributed by atoms with Crippen molar-refractivity contribution in [3.63, 3.8) is 0 Å². The van der Waals surface area contributed by atoms with Crippen LogP contribution >= 0.6 is 11.3 Å². The van der Waals surface area contributed by atoms with E-state index in [2.05, 4.69) is 10.2 Å². The Morgan fingerprint density at radius 2 is 1.79 bits per heavy atom. The average Bonchev–Trinajstić information content (AvgIpc) is 3.11. The molecular formula is C23H22FN3O4S2. The van der Waals surface area contributed by atoms with Crippen LogP contribution in [-0.2, 0) is 34.1 Å². The maximum Gasteiger partial charge on any atom is 0.251 e. The number of halogens is 1. The number of sulfone groups is 1. The first-order valence-electron chi connectivity index (χ1n) is 10.2. The molecule has 0 atom stereocenters. The van der Waals surface area contributed by atoms with Gasteiger partial charge < -0.3 is 11.1 Å². The molecule has 2 amide bonds. The van der Waals surface area contributed by atoms with Gasteiger partial charge in [-0.1, -0.05) is 30.3 Å². The Morgan fingerprint density at radius 3 is 2.45 bits per heavy atom. The Morgan fingerprint density at radius 1 is 1.09 bits per heavy atom. The smallest absolute Gasteiger partial charge is 0.251 e. The van der Waals surface area contributed by atoms with Crippen LogP contribution < -0.4 is 11.1 Å². The molecule has 4 rings (SSSR count). The predicted octanol–water partition coefficient (Wildman–Crippen LogP) is 2.96. The van der Waals surface area contributed by atoms with Crippen molar-refractivity contribution in [1.82, 2.24) is 4.90 Å². The molecule has 0 aliphatic carbocycles. The number of fused-ring (bicyclic) bond motifs is 1. The SMILES string of the molecule is NC(=O)c1c(NC(=O)CS(=O)(=O)c2ccc(F)cc2)sc2c1CCN(Cc1ccccc1)C2. The Balaban J connectivity index is 1.51. The van der Waals surface area contributed by atoms with Crippen molar-refractivity contribution in [2.24, 2.45) is 5.73 Å². The maximum atomic E-state index is 13.1. The quantitative estimate of drug-likeness (QED) is 0.498. The first-order chi connectivity index (χ1) is 15.7. The van der Waals surface area contributed by atoms with Gasteiger partial charge in [0.25, 0.3) is 5.91 Å². The first-order valence-corrected chi connectivity index (χ1v) is 12.7. The molecule has 1 aromatic heterocycles. The van der Waals surface area contributed by atoms with E-state index in [4.69, 9.17) is 5.73 Å². The summed E-state index contributed by atoms with van der Waals surface area (Å²) >= 11 is 1.24. The number of nitrogens with zero attached hydrogens (tertiary/aromatic N) is 1. The minimum atomic E-state index is -3.97. The molecule has 0 radical (unpaired) electrons. The van der Waals surface area contributed by atoms with Crippen LogP contribution in [0.4, 0.5) is 9.39 Å². The van der Waals surface area contributed by atoms with Crippen molar-refractivity contribution in [3.8, 4) is 0 Å². The molecule has 3 N–H and O–H groups in total. The van der Waals surface area contributed by atoms with Gasteiger partial charge in [0.05, 0.1) is 10.5 Å². The van der Waals surface area contributed by atoms with Crippen LogP contribution in [0.15, 0.2) is 59.5 Å². The van der Waals surface area contributed by atoms with Gasteiger partial charge >= 0.3 is 0 Å². The molecule has 3 aromatic rings. The third kappa shape index (κ3) is 5.29. The zero-order valence-corrected chi connectivity index (χ0v) is 19.2. The van der Waals surface area contributed by atoms with E-state index in [0.29, 0.717) is 13.0 Å². The lowest BCUT2D eigenvalue weighted by Gasteiger charge is -2.27. The maximum absolute atomic E-state index is 13.1. The molecule has 0 spiro atoms. The predicted molar refractivity (Wildman–Crippen MR) is 124 cm³/mol. The number of amides is 2. The summed E-state index contributed by atoms with van der Waals surface area (Å²) in [6, 6.07) is 14.3. The van der Waals surface area contributed by atoms with Gasteiger partial charge in [-0.15, -0.1) is 11.3 Å². The van der Waals surface area contributed by atoms with Crippen molar-refractivity contribution < 1.29 is 22.4 Å². The van der Waals surface area contributed by atoms with Crippen LogP contribution in [0.2, 0.25) is 0 Å². The molecule has 2 heterocycles. The number of carbonyl (C=O) groups is 2. The molecule has 33 heavy (non-hydrogen) atoms. The average molecular weight is 488 g/mol. The highest BCUT2D eigenvalue weighted by atomic mass is 32.2. The minimum Gasteiger partial charge on any atom is -0.365 e. The topological polar surface area (TPSA) is 110 Å². The first kappa shape index (κ1) is 23.1. The normalized spacial score (nSPS) is 14.0. The second-order valence-corrected chi connectivity index (χ2v) is 10.9. The van der Waals surface area contributed by atoms with Crippen LogP contribution in [-0.4, -0.2) is 37.4 Å². The van der Waals surface area contributed by atoms with Crippen molar-refractivity contribution in [2.75, 3.05) is 17.6 Å². The highest BCUT2D eigenvalue weighted by Crippen LogP contribution is 2.37. The Labute approximate surface area is 194 Å². The minimum absolute atomic E-state index is 0.156. The zero-order valence-electron chi connectivity index (χ0n) is 17.6. The van der Waals surface area contributed by atoms with Crippen molar-refractivity contribution in [2.45, 2.75) is 24.4 Å². The van der Waals surface area contributed by atoms with E-state index in [1.807, 2.05) is 30.3 Å². The fourth-order valence-electron chi connectivity index (χ4n) is 3.84. The lowest BCUT2D eigenvalue weighted by atomic mass is 10.0. The molecule has 7 nitrogen and oxygen atoms in total. The van der Waals surface area contributed by atoms with Crippen LogP contribution in [0.1, 0.15) is 26.4 Å². The molecule has 0 unspecified atom stereocenters. The van der Waals surface area contributed by atoms with Crippen LogP contribution in [0.5, 0.6) is 0 Å². The number of anilines is 1. The molecule has 0 fully saturated rings. The van der Waals surface area contributed by atoms with Gasteiger partial charge in [-0.25, -0.2) is 12.8 Å². The standard InChI is InChI=1S/C23H22FN3O4S2/c24-16-6-8-17(9-7-16)33(30,31)14-20(28)26-23-21(22(25)29)18-10-11-27(13-19(18)32-23)12-15-4-2-1-3-5-15/h1-9H,10-14H2,(H2,25,29)(H,26,28). The van der Waals surface area contributed by atoms with Gasteiger partial charge in [-0.3, -0.25) is 14.5 Å². The Hall–Kier alpha value is -3.08. The van der Waals surface area contributed by atoms with E-state index in [0.717, 1.165) is 47.8 Å². The molecule has 2 aromatic carbocycles. The molecule has 0 saturated carbocycles. The lowest BCUT2D eigenvalue weighted by Crippen LogP contribution is -2.30. The van der Waals surface area contributed by atoms with Crippen molar-refractivity contribution in [3.05, 3.63) is 82.0 Å². The second kappa shape index (κ2) is 9.42. The summed E-state index contributed by atoms with van der Waals surface area (Å²) in [6.45, 7) is 2.08. The van der Waals surface area contributed by atoms with E-state index in [-0.39, 0.29) is 15.5 Å². The summed E-state index contributed by atoms with van der Waals surface area (Å²) in [6.07, 6.45) is 0.598. The van der Waals surface area contributed by atoms with Gasteiger partial charge in [0.15, 0.2) is 9.84 Å². The molecule has 0 saturated heterocycles. The fraction of sp³-hybridized carbons (Fsp3) is 0.217. The monoisotopic (exact) mass is 487 g/mol. The number of hydrogen-bond acceptors (Lipinski definition) is 6. The number of hydrogen-bond donors (Lipinski definition) is 2. The summed E-state index contributed by atoms with van der Waals surface area (Å²) in [7, 11) is -3.97. The van der Waals surface area contributed by atoms with Crippen LogP contribution in [0, 0.1) is 5.82 Å². The van der Waals surface area contributed by atoms with E-state index < -0.39 is 33.2 Å². The number of carbonyl (C=O) groups excluding carboxylic acids is 2. The highest BCUT2D eigenvalue weighted by molar-refractivity contribution is 7.92.